The molecule has 1 aromatic carbocycles. The number of hydrogen-bond acceptors (Lipinski definition) is 4. The molecule has 0 bridgehead atoms. The Kier molecular flexibility index (Phi) is 5.22. The van der Waals surface area contributed by atoms with Crippen LogP contribution < -0.4 is 15.6 Å². The fourth-order valence-corrected chi connectivity index (χ4v) is 2.19. The molecule has 0 radical (unpaired) electrons. The van der Waals surface area contributed by atoms with Crippen LogP contribution in [-0.2, 0) is 6.42 Å². The van der Waals surface area contributed by atoms with E-state index in [4.69, 9.17) is 16.3 Å². The third-order valence-electron chi connectivity index (χ3n) is 3.00. The normalized spacial score (nSPS) is 10.4. The highest BCUT2D eigenvalue weighted by Crippen LogP contribution is 2.28. The van der Waals surface area contributed by atoms with Crippen molar-refractivity contribution in [3.63, 3.8) is 0 Å². The molecule has 0 aliphatic rings. The first-order valence-corrected chi connectivity index (χ1v) is 7.21. The number of aromatic nitrogens is 2. The quantitative estimate of drug-likeness (QED) is 0.857. The van der Waals surface area contributed by atoms with Gasteiger partial charge in [0.05, 0.1) is 12.1 Å². The van der Waals surface area contributed by atoms with Gasteiger partial charge in [-0.15, -0.1) is 0 Å². The van der Waals surface area contributed by atoms with Crippen molar-refractivity contribution in [2.75, 3.05) is 12.4 Å². The van der Waals surface area contributed by atoms with Crippen molar-refractivity contribution in [3.8, 4) is 5.75 Å². The van der Waals surface area contributed by atoms with Crippen LogP contribution in [-0.4, -0.2) is 17.1 Å². The summed E-state index contributed by atoms with van der Waals surface area (Å²) in [6.45, 7) is 2.10. The smallest absolute Gasteiger partial charge is 0.252 e. The Morgan fingerprint density at radius 2 is 2.19 bits per heavy atom. The number of unbranched alkanes of at least 4 members (excludes halogenated alkanes) is 1. The van der Waals surface area contributed by atoms with E-state index in [1.54, 1.807) is 19.2 Å². The van der Waals surface area contributed by atoms with Crippen molar-refractivity contribution in [2.45, 2.75) is 26.2 Å². The second-order valence-electron chi connectivity index (χ2n) is 4.66. The number of aromatic amines is 1. The van der Waals surface area contributed by atoms with Crippen molar-refractivity contribution < 1.29 is 4.74 Å². The molecule has 0 aliphatic carbocycles. The molecule has 0 aliphatic heterocycles. The predicted octanol–water partition coefficient (Wildman–Crippen LogP) is 3.52. The minimum atomic E-state index is -0.168. The van der Waals surface area contributed by atoms with Gasteiger partial charge in [0.1, 0.15) is 5.75 Å². The average Bonchev–Trinajstić information content (AvgIpc) is 2.45. The number of hydrogen-bond donors (Lipinski definition) is 2. The monoisotopic (exact) mass is 307 g/mol. The molecule has 112 valence electrons. The lowest BCUT2D eigenvalue weighted by Crippen LogP contribution is -2.12. The fraction of sp³-hybridized carbons (Fsp3) is 0.333. The van der Waals surface area contributed by atoms with Crippen LogP contribution in [0.1, 0.15) is 25.5 Å². The van der Waals surface area contributed by atoms with Crippen LogP contribution in [0.25, 0.3) is 0 Å². The van der Waals surface area contributed by atoms with Crippen LogP contribution in [0, 0.1) is 0 Å². The van der Waals surface area contributed by atoms with Crippen molar-refractivity contribution >= 4 is 23.2 Å². The van der Waals surface area contributed by atoms with E-state index in [1.165, 1.54) is 6.07 Å². The van der Waals surface area contributed by atoms with Crippen molar-refractivity contribution in [3.05, 3.63) is 45.3 Å². The lowest BCUT2D eigenvalue weighted by molar-refractivity contribution is 0.415. The molecule has 0 saturated carbocycles. The van der Waals surface area contributed by atoms with Crippen LogP contribution in [0.3, 0.4) is 0 Å². The van der Waals surface area contributed by atoms with Crippen molar-refractivity contribution in [2.24, 2.45) is 0 Å². The van der Waals surface area contributed by atoms with Gasteiger partial charge in [0, 0.05) is 17.4 Å². The fourth-order valence-electron chi connectivity index (χ4n) is 1.93. The Balaban J connectivity index is 2.20. The number of nitrogens with zero attached hydrogens (tertiary/aromatic N) is 1. The molecule has 1 heterocycles. The number of benzene rings is 1. The van der Waals surface area contributed by atoms with E-state index in [0.29, 0.717) is 16.7 Å². The van der Waals surface area contributed by atoms with Crippen LogP contribution in [0.5, 0.6) is 5.75 Å². The van der Waals surface area contributed by atoms with Crippen molar-refractivity contribution in [1.82, 2.24) is 9.97 Å². The maximum atomic E-state index is 11.7. The summed E-state index contributed by atoms with van der Waals surface area (Å²) in [5.41, 5.74) is 1.34. The molecule has 0 atom stereocenters. The minimum Gasteiger partial charge on any atom is -0.495 e. The summed E-state index contributed by atoms with van der Waals surface area (Å²) in [7, 11) is 1.56. The Bertz CT molecular complexity index is 670. The number of halogens is 1. The highest BCUT2D eigenvalue weighted by Gasteiger charge is 2.05. The molecule has 1 aromatic heterocycles. The molecule has 0 spiro atoms. The standard InChI is InChI=1S/C15H18ClN3O2/c1-3-4-5-10-9-14(20)19-15(17-10)18-11-6-7-13(21-2)12(16)8-11/h6-9H,3-5H2,1-2H3,(H2,17,18,19,20). The van der Waals surface area contributed by atoms with E-state index < -0.39 is 0 Å². The van der Waals surface area contributed by atoms with E-state index >= 15 is 0 Å². The molecule has 2 N–H and O–H groups in total. The second-order valence-corrected chi connectivity index (χ2v) is 5.07. The highest BCUT2D eigenvalue weighted by atomic mass is 35.5. The maximum Gasteiger partial charge on any atom is 0.252 e. The zero-order valence-corrected chi connectivity index (χ0v) is 12.8. The van der Waals surface area contributed by atoms with Gasteiger partial charge in [-0.2, -0.15) is 0 Å². The Morgan fingerprint density at radius 3 is 2.86 bits per heavy atom. The Labute approximate surface area is 128 Å². The summed E-state index contributed by atoms with van der Waals surface area (Å²) in [5.74, 6) is 1.01. The summed E-state index contributed by atoms with van der Waals surface area (Å²) in [4.78, 5) is 18.7. The lowest BCUT2D eigenvalue weighted by Gasteiger charge is -2.09. The predicted molar refractivity (Wildman–Crippen MR) is 84.8 cm³/mol. The number of ether oxygens (including phenoxy) is 1. The first-order chi connectivity index (χ1) is 10.1. The molecule has 5 nitrogen and oxygen atoms in total. The zero-order chi connectivity index (χ0) is 15.2. The topological polar surface area (TPSA) is 67.0 Å². The van der Waals surface area contributed by atoms with E-state index in [1.807, 2.05) is 6.07 Å². The van der Waals surface area contributed by atoms with Gasteiger partial charge in [-0.05, 0) is 31.0 Å². The van der Waals surface area contributed by atoms with Gasteiger partial charge < -0.3 is 10.1 Å². The molecular formula is C15H18ClN3O2. The van der Waals surface area contributed by atoms with Gasteiger partial charge in [0.2, 0.25) is 5.95 Å². The molecular weight excluding hydrogens is 290 g/mol. The van der Waals surface area contributed by atoms with Gasteiger partial charge in [-0.1, -0.05) is 24.9 Å². The van der Waals surface area contributed by atoms with Crippen LogP contribution in [0.2, 0.25) is 5.02 Å². The number of rotatable bonds is 6. The number of nitrogens with one attached hydrogen (secondary N) is 2. The molecule has 2 rings (SSSR count). The van der Waals surface area contributed by atoms with Gasteiger partial charge in [0.15, 0.2) is 0 Å². The average molecular weight is 308 g/mol. The number of methoxy groups -OCH3 is 1. The molecule has 0 unspecified atom stereocenters. The lowest BCUT2D eigenvalue weighted by atomic mass is 10.2. The first-order valence-electron chi connectivity index (χ1n) is 6.83. The van der Waals surface area contributed by atoms with Crippen molar-refractivity contribution in [1.29, 1.82) is 0 Å². The molecule has 0 fully saturated rings. The highest BCUT2D eigenvalue weighted by molar-refractivity contribution is 6.32. The number of aryl methyl sites for hydroxylation is 1. The second kappa shape index (κ2) is 7.13. The molecule has 2 aromatic rings. The first kappa shape index (κ1) is 15.4. The molecule has 21 heavy (non-hydrogen) atoms. The summed E-state index contributed by atoms with van der Waals surface area (Å²) in [6.07, 6.45) is 2.86. The van der Waals surface area contributed by atoms with Gasteiger partial charge >= 0.3 is 0 Å². The SMILES string of the molecule is CCCCc1cc(=O)[nH]c(Nc2ccc(OC)c(Cl)c2)n1. The van der Waals surface area contributed by atoms with E-state index in [2.05, 4.69) is 22.2 Å². The van der Waals surface area contributed by atoms with Crippen LogP contribution >= 0.6 is 11.6 Å². The Hall–Kier alpha value is -2.01. The third-order valence-corrected chi connectivity index (χ3v) is 3.29. The molecule has 0 saturated heterocycles. The zero-order valence-electron chi connectivity index (χ0n) is 12.1. The molecule has 6 heteroatoms. The van der Waals surface area contributed by atoms with Crippen LogP contribution in [0.4, 0.5) is 11.6 Å². The summed E-state index contributed by atoms with van der Waals surface area (Å²) in [6, 6.07) is 6.81. The van der Waals surface area contributed by atoms with E-state index in [0.717, 1.165) is 30.6 Å². The Morgan fingerprint density at radius 1 is 1.38 bits per heavy atom. The summed E-state index contributed by atoms with van der Waals surface area (Å²) < 4.78 is 5.10. The van der Waals surface area contributed by atoms with E-state index in [9.17, 15) is 4.79 Å². The summed E-state index contributed by atoms with van der Waals surface area (Å²) >= 11 is 6.07. The van der Waals surface area contributed by atoms with Gasteiger partial charge in [0.25, 0.3) is 5.56 Å². The van der Waals surface area contributed by atoms with Gasteiger partial charge in [-0.3, -0.25) is 9.78 Å². The largest absolute Gasteiger partial charge is 0.495 e. The molecule has 0 amide bonds. The third kappa shape index (κ3) is 4.23. The van der Waals surface area contributed by atoms with Gasteiger partial charge in [-0.25, -0.2) is 4.98 Å². The van der Waals surface area contributed by atoms with Crippen LogP contribution in [0.15, 0.2) is 29.1 Å². The minimum absolute atomic E-state index is 0.168. The number of H-pyrrole nitrogens is 1. The van der Waals surface area contributed by atoms with E-state index in [-0.39, 0.29) is 5.56 Å². The summed E-state index contributed by atoms with van der Waals surface area (Å²) in [5, 5.41) is 3.54. The maximum absolute atomic E-state index is 11.7. The number of anilines is 2.